The van der Waals surface area contributed by atoms with Crippen LogP contribution in [0.1, 0.15) is 43.5 Å². The summed E-state index contributed by atoms with van der Waals surface area (Å²) in [7, 11) is 0. The molecular weight excluding hydrogens is 318 g/mol. The molecule has 6 heteroatoms. The molecule has 0 spiro atoms. The molecule has 2 amide bonds. The Morgan fingerprint density at radius 2 is 1.68 bits per heavy atom. The van der Waals surface area contributed by atoms with Crippen molar-refractivity contribution in [2.24, 2.45) is 0 Å². The summed E-state index contributed by atoms with van der Waals surface area (Å²) in [5.74, 6) is -1.85. The Bertz CT molecular complexity index is 732. The van der Waals surface area contributed by atoms with E-state index in [1.54, 1.807) is 18.3 Å². The van der Waals surface area contributed by atoms with E-state index in [9.17, 15) is 14.4 Å². The monoisotopic (exact) mass is 339 g/mol. The van der Waals surface area contributed by atoms with Crippen molar-refractivity contribution in [3.05, 3.63) is 66.0 Å². The van der Waals surface area contributed by atoms with Gasteiger partial charge in [-0.3, -0.25) is 19.4 Å². The van der Waals surface area contributed by atoms with E-state index in [4.69, 9.17) is 0 Å². The Morgan fingerprint density at radius 3 is 2.24 bits per heavy atom. The van der Waals surface area contributed by atoms with Gasteiger partial charge in [-0.25, -0.2) is 0 Å². The van der Waals surface area contributed by atoms with Crippen molar-refractivity contribution < 1.29 is 14.4 Å². The minimum Gasteiger partial charge on any atom is -0.347 e. The quantitative estimate of drug-likeness (QED) is 0.756. The summed E-state index contributed by atoms with van der Waals surface area (Å²) < 4.78 is 0. The number of carbonyl (C=O) groups excluding carboxylic acids is 3. The van der Waals surface area contributed by atoms with Gasteiger partial charge in [-0.1, -0.05) is 43.3 Å². The molecule has 6 nitrogen and oxygen atoms in total. The fourth-order valence-corrected chi connectivity index (χ4v) is 2.44. The molecule has 0 fully saturated rings. The van der Waals surface area contributed by atoms with E-state index in [0.29, 0.717) is 12.0 Å². The van der Waals surface area contributed by atoms with E-state index < -0.39 is 23.6 Å². The number of benzene rings is 1. The summed E-state index contributed by atoms with van der Waals surface area (Å²) in [5.41, 5.74) is 1.48. The van der Waals surface area contributed by atoms with Crippen LogP contribution in [0.3, 0.4) is 0 Å². The van der Waals surface area contributed by atoms with Crippen molar-refractivity contribution in [2.45, 2.75) is 32.4 Å². The third-order valence-corrected chi connectivity index (χ3v) is 3.80. The minimum absolute atomic E-state index is 0.192. The summed E-state index contributed by atoms with van der Waals surface area (Å²) in [6, 6.07) is 11.8. The number of nitrogens with one attached hydrogen (secondary N) is 2. The Kier molecular flexibility index (Phi) is 6.39. The van der Waals surface area contributed by atoms with E-state index in [0.717, 1.165) is 12.5 Å². The van der Waals surface area contributed by atoms with Crippen LogP contribution in [0.15, 0.2) is 54.9 Å². The van der Waals surface area contributed by atoms with Crippen LogP contribution < -0.4 is 10.6 Å². The molecule has 0 saturated carbocycles. The second-order valence-corrected chi connectivity index (χ2v) is 5.63. The molecule has 0 radical (unpaired) electrons. The van der Waals surface area contributed by atoms with Crippen molar-refractivity contribution in [3.8, 4) is 0 Å². The minimum atomic E-state index is -0.983. The molecule has 1 unspecified atom stereocenters. The van der Waals surface area contributed by atoms with Crippen molar-refractivity contribution in [1.82, 2.24) is 15.6 Å². The third kappa shape index (κ3) is 4.97. The number of amides is 2. The lowest BCUT2D eigenvalue weighted by molar-refractivity contribution is -0.138. The molecule has 0 saturated heterocycles. The maximum Gasteiger partial charge on any atom is 0.287 e. The van der Waals surface area contributed by atoms with Gasteiger partial charge < -0.3 is 10.6 Å². The van der Waals surface area contributed by atoms with Gasteiger partial charge in [-0.2, -0.15) is 0 Å². The Morgan fingerprint density at radius 1 is 1.00 bits per heavy atom. The molecule has 1 aromatic carbocycles. The molecule has 1 heterocycles. The maximum absolute atomic E-state index is 12.8. The van der Waals surface area contributed by atoms with Gasteiger partial charge >= 0.3 is 0 Å². The fraction of sp³-hybridized carbons (Fsp3) is 0.263. The van der Waals surface area contributed by atoms with Crippen LogP contribution in [0.4, 0.5) is 0 Å². The molecule has 1 aromatic heterocycles. The number of rotatable bonds is 7. The SMILES string of the molecule is CC[C@H](NC(=O)C(NC(=O)C(C)=O)c1cccnc1)c1ccccc1. The predicted octanol–water partition coefficient (Wildman–Crippen LogP) is 2.10. The van der Waals surface area contributed by atoms with Crippen molar-refractivity contribution in [3.63, 3.8) is 0 Å². The fourth-order valence-electron chi connectivity index (χ4n) is 2.44. The highest BCUT2D eigenvalue weighted by atomic mass is 16.2. The topological polar surface area (TPSA) is 88.2 Å². The Balaban J connectivity index is 2.22. The number of hydrogen-bond acceptors (Lipinski definition) is 4. The highest BCUT2D eigenvalue weighted by Gasteiger charge is 2.26. The van der Waals surface area contributed by atoms with E-state index >= 15 is 0 Å². The van der Waals surface area contributed by atoms with Crippen molar-refractivity contribution >= 4 is 17.6 Å². The number of nitrogens with zero attached hydrogens (tertiary/aromatic N) is 1. The van der Waals surface area contributed by atoms with Gasteiger partial charge in [0.1, 0.15) is 6.04 Å². The second-order valence-electron chi connectivity index (χ2n) is 5.63. The van der Waals surface area contributed by atoms with Crippen LogP contribution >= 0.6 is 0 Å². The van der Waals surface area contributed by atoms with Gasteiger partial charge in [0.25, 0.3) is 5.91 Å². The average molecular weight is 339 g/mol. The highest BCUT2D eigenvalue weighted by molar-refractivity contribution is 6.35. The van der Waals surface area contributed by atoms with E-state index in [-0.39, 0.29) is 6.04 Å². The molecule has 0 aliphatic carbocycles. The zero-order valence-corrected chi connectivity index (χ0v) is 14.2. The molecular formula is C19H21N3O3. The van der Waals surface area contributed by atoms with Gasteiger partial charge in [0.2, 0.25) is 11.7 Å². The van der Waals surface area contributed by atoms with Crippen LogP contribution in [-0.4, -0.2) is 22.6 Å². The summed E-state index contributed by atoms with van der Waals surface area (Å²) in [6.07, 6.45) is 3.76. The summed E-state index contributed by atoms with van der Waals surface area (Å²) in [6.45, 7) is 3.12. The number of hydrogen-bond donors (Lipinski definition) is 2. The van der Waals surface area contributed by atoms with Gasteiger partial charge in [0, 0.05) is 24.9 Å². The average Bonchev–Trinajstić information content (AvgIpc) is 2.65. The molecule has 2 atom stereocenters. The van der Waals surface area contributed by atoms with Gasteiger partial charge in [-0.05, 0) is 18.1 Å². The number of pyridine rings is 1. The number of carbonyl (C=O) groups is 3. The Labute approximate surface area is 146 Å². The van der Waals surface area contributed by atoms with Crippen LogP contribution in [-0.2, 0) is 14.4 Å². The highest BCUT2D eigenvalue weighted by Crippen LogP contribution is 2.19. The standard InChI is InChI=1S/C19H21N3O3/c1-3-16(14-8-5-4-6-9-14)21-19(25)17(22-18(24)13(2)23)15-10-7-11-20-12-15/h4-12,16-17H,3H2,1-2H3,(H,21,25)(H,22,24)/t16-,17?/m0/s1. The molecule has 2 rings (SSSR count). The molecule has 2 N–H and O–H groups in total. The normalized spacial score (nSPS) is 12.7. The smallest absolute Gasteiger partial charge is 0.287 e. The molecule has 2 aromatic rings. The first-order chi connectivity index (χ1) is 12.0. The van der Waals surface area contributed by atoms with E-state index in [1.165, 1.54) is 6.20 Å². The van der Waals surface area contributed by atoms with Crippen LogP contribution in [0.25, 0.3) is 0 Å². The molecule has 130 valence electrons. The van der Waals surface area contributed by atoms with Gasteiger partial charge in [0.05, 0.1) is 6.04 Å². The zero-order valence-electron chi connectivity index (χ0n) is 14.2. The Hall–Kier alpha value is -3.02. The number of ketones is 1. The largest absolute Gasteiger partial charge is 0.347 e. The van der Waals surface area contributed by atoms with Gasteiger partial charge in [0.15, 0.2) is 0 Å². The summed E-state index contributed by atoms with van der Waals surface area (Å²) in [4.78, 5) is 39.8. The van der Waals surface area contributed by atoms with E-state index in [1.807, 2.05) is 37.3 Å². The van der Waals surface area contributed by atoms with E-state index in [2.05, 4.69) is 15.6 Å². The summed E-state index contributed by atoms with van der Waals surface area (Å²) >= 11 is 0. The molecule has 0 aliphatic heterocycles. The lowest BCUT2D eigenvalue weighted by atomic mass is 10.0. The van der Waals surface area contributed by atoms with Crippen LogP contribution in [0.2, 0.25) is 0 Å². The molecule has 25 heavy (non-hydrogen) atoms. The molecule has 0 bridgehead atoms. The van der Waals surface area contributed by atoms with Crippen molar-refractivity contribution in [2.75, 3.05) is 0 Å². The first-order valence-electron chi connectivity index (χ1n) is 8.09. The first-order valence-corrected chi connectivity index (χ1v) is 8.09. The third-order valence-electron chi connectivity index (χ3n) is 3.80. The predicted molar refractivity (Wildman–Crippen MR) is 93.4 cm³/mol. The number of aromatic nitrogens is 1. The van der Waals surface area contributed by atoms with Gasteiger partial charge in [-0.15, -0.1) is 0 Å². The second kappa shape index (κ2) is 8.73. The lowest BCUT2D eigenvalue weighted by Crippen LogP contribution is -2.43. The van der Waals surface area contributed by atoms with Crippen LogP contribution in [0, 0.1) is 0 Å². The van der Waals surface area contributed by atoms with Crippen LogP contribution in [0.5, 0.6) is 0 Å². The first kappa shape index (κ1) is 18.3. The molecule has 0 aliphatic rings. The number of Topliss-reactive ketones (excluding diaryl/α,β-unsaturated/α-hetero) is 1. The summed E-state index contributed by atoms with van der Waals surface area (Å²) in [5, 5.41) is 5.41. The zero-order chi connectivity index (χ0) is 18.2. The maximum atomic E-state index is 12.8. The lowest BCUT2D eigenvalue weighted by Gasteiger charge is -2.23. The van der Waals surface area contributed by atoms with Crippen molar-refractivity contribution in [1.29, 1.82) is 0 Å².